The molecule has 1 aromatic heterocycles. The number of hydrogen-bond acceptors (Lipinski definition) is 4. The molecule has 2 N–H and O–H groups in total. The van der Waals surface area contributed by atoms with E-state index in [-0.39, 0.29) is 24.0 Å². The van der Waals surface area contributed by atoms with Crippen molar-refractivity contribution in [2.75, 3.05) is 32.7 Å². The maximum absolute atomic E-state index is 4.68. The topological polar surface area (TPSA) is 70.4 Å². The standard InChI is InChI=1S/C19H29N7.HI/c1-2-20-19(21-11-14-25-12-7-4-8-13-25)22-15-18-24-23-16-26(18)17-9-5-3-6-10-17;/h3,5-6,9-10,16H,2,4,7-8,11-15H2,1H3,(H2,20,21,22);1H. The lowest BCUT2D eigenvalue weighted by molar-refractivity contribution is 0.232. The third kappa shape index (κ3) is 6.76. The summed E-state index contributed by atoms with van der Waals surface area (Å²) >= 11 is 0. The first kappa shape index (κ1) is 21.6. The number of aliphatic imine (C=N–C) groups is 1. The van der Waals surface area contributed by atoms with Gasteiger partial charge in [-0.05, 0) is 45.0 Å². The zero-order valence-electron chi connectivity index (χ0n) is 16.0. The number of likely N-dealkylation sites (tertiary alicyclic amines) is 1. The average molecular weight is 483 g/mol. The molecule has 3 rings (SSSR count). The Morgan fingerprint density at radius 3 is 2.63 bits per heavy atom. The number of benzene rings is 1. The number of nitrogens with zero attached hydrogens (tertiary/aromatic N) is 5. The van der Waals surface area contributed by atoms with Crippen LogP contribution in [0.1, 0.15) is 32.0 Å². The number of piperidine rings is 1. The molecule has 1 aliphatic rings. The lowest BCUT2D eigenvalue weighted by Gasteiger charge is -2.26. The molecule has 0 radical (unpaired) electrons. The zero-order valence-corrected chi connectivity index (χ0v) is 18.3. The predicted octanol–water partition coefficient (Wildman–Crippen LogP) is 2.43. The molecule has 0 atom stereocenters. The molecule has 2 aromatic rings. The number of rotatable bonds is 7. The molecular weight excluding hydrogens is 453 g/mol. The number of para-hydroxylation sites is 1. The first-order valence-electron chi connectivity index (χ1n) is 9.55. The number of aromatic nitrogens is 3. The second-order valence-corrected chi connectivity index (χ2v) is 6.48. The summed E-state index contributed by atoms with van der Waals surface area (Å²) in [5.41, 5.74) is 1.05. The SMILES string of the molecule is CCNC(=NCc1nncn1-c1ccccc1)NCCN1CCCCC1.I. The lowest BCUT2D eigenvalue weighted by atomic mass is 10.1. The van der Waals surface area contributed by atoms with Gasteiger partial charge in [0.25, 0.3) is 0 Å². The molecule has 1 fully saturated rings. The van der Waals surface area contributed by atoms with E-state index >= 15 is 0 Å². The van der Waals surface area contributed by atoms with Crippen LogP contribution in [0.15, 0.2) is 41.7 Å². The Labute approximate surface area is 178 Å². The lowest BCUT2D eigenvalue weighted by Crippen LogP contribution is -2.42. The fraction of sp³-hybridized carbons (Fsp3) is 0.526. The van der Waals surface area contributed by atoms with Crippen molar-refractivity contribution >= 4 is 29.9 Å². The largest absolute Gasteiger partial charge is 0.357 e. The van der Waals surface area contributed by atoms with Gasteiger partial charge in [-0.3, -0.25) is 4.57 Å². The summed E-state index contributed by atoms with van der Waals surface area (Å²) in [5.74, 6) is 1.65. The number of halogens is 1. The first-order valence-corrected chi connectivity index (χ1v) is 9.55. The first-order chi connectivity index (χ1) is 12.9. The molecule has 8 heteroatoms. The van der Waals surface area contributed by atoms with E-state index in [0.29, 0.717) is 6.54 Å². The van der Waals surface area contributed by atoms with Gasteiger partial charge in [-0.15, -0.1) is 34.2 Å². The van der Waals surface area contributed by atoms with Gasteiger partial charge in [0.1, 0.15) is 12.9 Å². The molecule has 0 spiro atoms. The van der Waals surface area contributed by atoms with E-state index < -0.39 is 0 Å². The van der Waals surface area contributed by atoms with Gasteiger partial charge in [-0.1, -0.05) is 24.6 Å². The fourth-order valence-electron chi connectivity index (χ4n) is 3.18. The molecule has 0 amide bonds. The Morgan fingerprint density at radius 2 is 1.89 bits per heavy atom. The Balaban J connectivity index is 0.00000261. The van der Waals surface area contributed by atoms with Gasteiger partial charge >= 0.3 is 0 Å². The van der Waals surface area contributed by atoms with E-state index in [4.69, 9.17) is 0 Å². The van der Waals surface area contributed by atoms with Crippen LogP contribution in [0, 0.1) is 0 Å². The van der Waals surface area contributed by atoms with Crippen molar-refractivity contribution in [2.45, 2.75) is 32.7 Å². The van der Waals surface area contributed by atoms with E-state index in [1.807, 2.05) is 34.9 Å². The Bertz CT molecular complexity index is 680. The van der Waals surface area contributed by atoms with Crippen LogP contribution in [0.4, 0.5) is 0 Å². The maximum atomic E-state index is 4.68. The molecule has 0 bridgehead atoms. The minimum absolute atomic E-state index is 0. The van der Waals surface area contributed by atoms with Crippen molar-refractivity contribution in [1.82, 2.24) is 30.3 Å². The third-order valence-corrected chi connectivity index (χ3v) is 4.54. The van der Waals surface area contributed by atoms with Crippen LogP contribution in [0.25, 0.3) is 5.69 Å². The Morgan fingerprint density at radius 1 is 1.11 bits per heavy atom. The highest BCUT2D eigenvalue weighted by molar-refractivity contribution is 14.0. The highest BCUT2D eigenvalue weighted by Gasteiger charge is 2.10. The second-order valence-electron chi connectivity index (χ2n) is 6.48. The van der Waals surface area contributed by atoms with Gasteiger partial charge in [0.2, 0.25) is 0 Å². The van der Waals surface area contributed by atoms with Crippen LogP contribution in [-0.4, -0.2) is 58.3 Å². The number of hydrogen-bond donors (Lipinski definition) is 2. The summed E-state index contributed by atoms with van der Waals surface area (Å²) in [6, 6.07) is 10.1. The van der Waals surface area contributed by atoms with Crippen molar-refractivity contribution in [1.29, 1.82) is 0 Å². The van der Waals surface area contributed by atoms with Crippen molar-refractivity contribution in [3.8, 4) is 5.69 Å². The van der Waals surface area contributed by atoms with Gasteiger partial charge in [-0.25, -0.2) is 4.99 Å². The van der Waals surface area contributed by atoms with Crippen LogP contribution >= 0.6 is 24.0 Å². The average Bonchev–Trinajstić information content (AvgIpc) is 3.16. The Hall–Kier alpha value is -1.68. The summed E-state index contributed by atoms with van der Waals surface area (Å²) in [5, 5.41) is 15.0. The molecule has 148 valence electrons. The van der Waals surface area contributed by atoms with E-state index in [9.17, 15) is 0 Å². The zero-order chi connectivity index (χ0) is 18.0. The van der Waals surface area contributed by atoms with Crippen LogP contribution in [0.5, 0.6) is 0 Å². The molecule has 2 heterocycles. The summed E-state index contributed by atoms with van der Waals surface area (Å²) < 4.78 is 1.97. The molecule has 0 aliphatic carbocycles. The van der Waals surface area contributed by atoms with E-state index in [1.165, 1.54) is 32.4 Å². The summed E-state index contributed by atoms with van der Waals surface area (Å²) in [6.07, 6.45) is 5.75. The summed E-state index contributed by atoms with van der Waals surface area (Å²) in [7, 11) is 0. The second kappa shape index (κ2) is 11.9. The third-order valence-electron chi connectivity index (χ3n) is 4.54. The van der Waals surface area contributed by atoms with Crippen LogP contribution in [0.2, 0.25) is 0 Å². The minimum Gasteiger partial charge on any atom is -0.357 e. The van der Waals surface area contributed by atoms with Crippen LogP contribution in [0.3, 0.4) is 0 Å². The van der Waals surface area contributed by atoms with Crippen molar-refractivity contribution in [3.63, 3.8) is 0 Å². The summed E-state index contributed by atoms with van der Waals surface area (Å²) in [6.45, 7) is 7.79. The predicted molar refractivity (Wildman–Crippen MR) is 120 cm³/mol. The van der Waals surface area contributed by atoms with Crippen LogP contribution in [-0.2, 0) is 6.54 Å². The molecule has 1 aliphatic heterocycles. The molecular formula is C19H30IN7. The van der Waals surface area contributed by atoms with Gasteiger partial charge in [0.15, 0.2) is 11.8 Å². The van der Waals surface area contributed by atoms with Gasteiger partial charge in [-0.2, -0.15) is 0 Å². The van der Waals surface area contributed by atoms with Crippen molar-refractivity contribution in [2.24, 2.45) is 4.99 Å². The molecule has 0 unspecified atom stereocenters. The molecule has 7 nitrogen and oxygen atoms in total. The Kier molecular flexibility index (Phi) is 9.54. The number of guanidine groups is 1. The maximum Gasteiger partial charge on any atom is 0.191 e. The molecule has 27 heavy (non-hydrogen) atoms. The van der Waals surface area contributed by atoms with Gasteiger partial charge < -0.3 is 15.5 Å². The molecule has 0 saturated carbocycles. The smallest absolute Gasteiger partial charge is 0.191 e. The minimum atomic E-state index is 0. The van der Waals surface area contributed by atoms with Gasteiger partial charge in [0.05, 0.1) is 0 Å². The summed E-state index contributed by atoms with van der Waals surface area (Å²) in [4.78, 5) is 7.20. The van der Waals surface area contributed by atoms with Crippen molar-refractivity contribution in [3.05, 3.63) is 42.5 Å². The quantitative estimate of drug-likeness (QED) is 0.360. The van der Waals surface area contributed by atoms with Crippen molar-refractivity contribution < 1.29 is 0 Å². The van der Waals surface area contributed by atoms with Crippen LogP contribution < -0.4 is 10.6 Å². The van der Waals surface area contributed by atoms with E-state index in [0.717, 1.165) is 37.1 Å². The molecule has 1 aromatic carbocycles. The number of nitrogens with one attached hydrogen (secondary N) is 2. The molecule has 1 saturated heterocycles. The fourth-order valence-corrected chi connectivity index (χ4v) is 3.18. The van der Waals surface area contributed by atoms with Gasteiger partial charge in [0, 0.05) is 25.3 Å². The normalized spacial score (nSPS) is 15.2. The highest BCUT2D eigenvalue weighted by atomic mass is 127. The van der Waals surface area contributed by atoms with E-state index in [1.54, 1.807) is 6.33 Å². The van der Waals surface area contributed by atoms with E-state index in [2.05, 4.69) is 37.6 Å². The monoisotopic (exact) mass is 483 g/mol. The highest BCUT2D eigenvalue weighted by Crippen LogP contribution is 2.09.